The van der Waals surface area contributed by atoms with E-state index < -0.39 is 0 Å². The van der Waals surface area contributed by atoms with Crippen molar-refractivity contribution < 1.29 is 5.11 Å². The largest absolute Gasteiger partial charge is 0.493 e. The van der Waals surface area contributed by atoms with E-state index in [9.17, 15) is 5.11 Å². The van der Waals surface area contributed by atoms with Crippen LogP contribution >= 0.6 is 12.2 Å². The number of para-hydroxylation sites is 2. The number of allylic oxidation sites excluding steroid dienone is 1. The standard InChI is InChI=1S/C30H29N7OS/c1-36(2)24-14-12-21(13-15-24)19-33-35-30(39)37-28(16-17-31-23-8-4-3-5-9-23)34-27(29(37)38)18-22-20-32-26-11-7-6-10-25(22)26/h3-15,18-20,31,38H,16-17H2,1-2H3,(H,35,39)/b22-18+,33-19+. The first-order valence-corrected chi connectivity index (χ1v) is 13.0. The Morgan fingerprint density at radius 2 is 1.77 bits per heavy atom. The number of nitrogens with zero attached hydrogens (tertiary/aromatic N) is 5. The molecular weight excluding hydrogens is 506 g/mol. The molecule has 2 heterocycles. The van der Waals surface area contributed by atoms with E-state index in [4.69, 9.17) is 17.2 Å². The molecule has 5 rings (SSSR count). The van der Waals surface area contributed by atoms with E-state index in [1.165, 1.54) is 4.57 Å². The molecule has 4 aromatic rings. The minimum atomic E-state index is -0.0574. The molecule has 3 N–H and O–H groups in total. The van der Waals surface area contributed by atoms with Crippen LogP contribution in [0.4, 0.5) is 17.1 Å². The fourth-order valence-corrected chi connectivity index (χ4v) is 4.44. The molecule has 0 spiro atoms. The zero-order valence-electron chi connectivity index (χ0n) is 21.7. The molecule has 0 aliphatic carbocycles. The Bertz CT molecular complexity index is 1550. The summed E-state index contributed by atoms with van der Waals surface area (Å²) in [5.74, 6) is 0.548. The van der Waals surface area contributed by atoms with Gasteiger partial charge in [-0.1, -0.05) is 48.5 Å². The summed E-state index contributed by atoms with van der Waals surface area (Å²) >= 11 is 5.63. The molecule has 39 heavy (non-hydrogen) atoms. The molecule has 1 aliphatic rings. The van der Waals surface area contributed by atoms with Gasteiger partial charge >= 0.3 is 0 Å². The molecule has 196 valence electrons. The van der Waals surface area contributed by atoms with Crippen molar-refractivity contribution >= 4 is 58.5 Å². The van der Waals surface area contributed by atoms with Crippen molar-refractivity contribution in [3.05, 3.63) is 102 Å². The van der Waals surface area contributed by atoms with Crippen LogP contribution in [-0.4, -0.2) is 52.8 Å². The Morgan fingerprint density at radius 1 is 1.03 bits per heavy atom. The highest BCUT2D eigenvalue weighted by molar-refractivity contribution is 7.80. The molecule has 8 nitrogen and oxygen atoms in total. The highest BCUT2D eigenvalue weighted by Crippen LogP contribution is 2.33. The smallest absolute Gasteiger partial charge is 0.225 e. The number of hydrogen-bond acceptors (Lipinski definition) is 7. The van der Waals surface area contributed by atoms with Gasteiger partial charge in [-0.15, -0.1) is 0 Å². The van der Waals surface area contributed by atoms with E-state index in [0.29, 0.717) is 24.5 Å². The van der Waals surface area contributed by atoms with Gasteiger partial charge in [0.05, 0.1) is 11.9 Å². The van der Waals surface area contributed by atoms with Gasteiger partial charge in [0, 0.05) is 55.8 Å². The molecule has 1 aliphatic heterocycles. The van der Waals surface area contributed by atoms with E-state index >= 15 is 0 Å². The number of thiocarbonyl (C=S) groups is 1. The lowest BCUT2D eigenvalue weighted by atomic mass is 10.1. The summed E-state index contributed by atoms with van der Waals surface area (Å²) in [6.07, 6.45) is 5.81. The second kappa shape index (κ2) is 11.7. The lowest BCUT2D eigenvalue weighted by molar-refractivity contribution is 0.443. The van der Waals surface area contributed by atoms with Crippen molar-refractivity contribution in [1.82, 2.24) is 15.0 Å². The Morgan fingerprint density at radius 3 is 2.54 bits per heavy atom. The minimum absolute atomic E-state index is 0.0574. The molecule has 0 bridgehead atoms. The number of fused-ring (bicyclic) bond motifs is 1. The topological polar surface area (TPSA) is 90.1 Å². The number of anilines is 2. The third-order valence-corrected chi connectivity index (χ3v) is 6.51. The molecule has 1 aromatic heterocycles. The van der Waals surface area contributed by atoms with Crippen molar-refractivity contribution in [1.29, 1.82) is 0 Å². The van der Waals surface area contributed by atoms with Gasteiger partial charge in [-0.2, -0.15) is 5.10 Å². The van der Waals surface area contributed by atoms with Crippen LogP contribution in [0.2, 0.25) is 0 Å². The lowest BCUT2D eigenvalue weighted by Gasteiger charge is -2.12. The maximum absolute atomic E-state index is 11.2. The molecule has 0 fully saturated rings. The molecule has 0 saturated carbocycles. The Labute approximate surface area is 233 Å². The Balaban J connectivity index is 1.38. The summed E-state index contributed by atoms with van der Waals surface area (Å²) in [5, 5.41) is 19.1. The number of benzene rings is 3. The highest BCUT2D eigenvalue weighted by Gasteiger charge is 2.20. The summed E-state index contributed by atoms with van der Waals surface area (Å²) in [4.78, 5) is 11.2. The maximum atomic E-state index is 11.2. The first-order valence-electron chi connectivity index (χ1n) is 12.5. The molecular formula is C30H29N7OS. The van der Waals surface area contributed by atoms with Gasteiger partial charge in [0.1, 0.15) is 11.5 Å². The van der Waals surface area contributed by atoms with Crippen molar-refractivity contribution in [2.45, 2.75) is 6.42 Å². The first-order chi connectivity index (χ1) is 19.0. The Hall–Kier alpha value is -4.76. The predicted molar refractivity (Wildman–Crippen MR) is 164 cm³/mol. The van der Waals surface area contributed by atoms with E-state index in [1.54, 1.807) is 12.4 Å². The van der Waals surface area contributed by atoms with Gasteiger partial charge in [-0.05, 0) is 54.2 Å². The molecule has 0 atom stereocenters. The number of aromatic hydroxyl groups is 1. The average Bonchev–Trinajstić information content (AvgIpc) is 3.50. The van der Waals surface area contributed by atoms with Gasteiger partial charge in [0.2, 0.25) is 11.0 Å². The zero-order chi connectivity index (χ0) is 27.2. The number of rotatable bonds is 8. The van der Waals surface area contributed by atoms with Gasteiger partial charge in [0.25, 0.3) is 0 Å². The monoisotopic (exact) mass is 535 g/mol. The fourth-order valence-electron chi connectivity index (χ4n) is 4.20. The highest BCUT2D eigenvalue weighted by atomic mass is 32.1. The molecule has 0 unspecified atom stereocenters. The van der Waals surface area contributed by atoms with Crippen LogP contribution in [0, 0.1) is 0 Å². The maximum Gasteiger partial charge on any atom is 0.225 e. The van der Waals surface area contributed by atoms with Crippen LogP contribution in [0.1, 0.15) is 22.6 Å². The third-order valence-electron chi connectivity index (χ3n) is 6.24. The van der Waals surface area contributed by atoms with Crippen LogP contribution in [0.3, 0.4) is 0 Å². The second-order valence-corrected chi connectivity index (χ2v) is 9.54. The van der Waals surface area contributed by atoms with Crippen molar-refractivity contribution in [2.75, 3.05) is 30.9 Å². The number of aromatic nitrogens is 2. The van der Waals surface area contributed by atoms with E-state index in [0.717, 1.165) is 33.8 Å². The summed E-state index contributed by atoms with van der Waals surface area (Å²) in [7, 11) is 3.99. The van der Waals surface area contributed by atoms with Crippen molar-refractivity contribution in [3.63, 3.8) is 0 Å². The molecule has 3 aromatic carbocycles. The SMILES string of the molecule is CN(C)c1ccc(/C=N/NC(=S)n2c(CCNc3ccccc3)nc(/C=C3\C=Nc4ccccc43)c2O)cc1. The number of hydrogen-bond donors (Lipinski definition) is 3. The number of nitrogens with one attached hydrogen (secondary N) is 2. The lowest BCUT2D eigenvalue weighted by Crippen LogP contribution is -2.26. The molecule has 9 heteroatoms. The summed E-state index contributed by atoms with van der Waals surface area (Å²) in [5.41, 5.74) is 9.07. The fraction of sp³-hybridized carbons (Fsp3) is 0.133. The predicted octanol–water partition coefficient (Wildman–Crippen LogP) is 5.32. The van der Waals surface area contributed by atoms with Crippen molar-refractivity contribution in [3.8, 4) is 5.88 Å². The number of aliphatic imine (C=N–C) groups is 1. The summed E-state index contributed by atoms with van der Waals surface area (Å²) < 4.78 is 1.53. The van der Waals surface area contributed by atoms with Crippen LogP contribution in [0.25, 0.3) is 11.6 Å². The van der Waals surface area contributed by atoms with Gasteiger partial charge in [0.15, 0.2) is 0 Å². The van der Waals surface area contributed by atoms with Gasteiger partial charge < -0.3 is 15.3 Å². The normalized spacial score (nSPS) is 13.1. The average molecular weight is 536 g/mol. The molecule has 0 amide bonds. The summed E-state index contributed by atoms with van der Waals surface area (Å²) in [6.45, 7) is 0.602. The zero-order valence-corrected chi connectivity index (χ0v) is 22.6. The van der Waals surface area contributed by atoms with Crippen LogP contribution in [0.15, 0.2) is 89.0 Å². The van der Waals surface area contributed by atoms with E-state index in [-0.39, 0.29) is 11.0 Å². The van der Waals surface area contributed by atoms with Gasteiger partial charge in [-0.25, -0.2) is 9.55 Å². The van der Waals surface area contributed by atoms with Crippen LogP contribution in [-0.2, 0) is 6.42 Å². The second-order valence-electron chi connectivity index (χ2n) is 9.15. The van der Waals surface area contributed by atoms with E-state index in [2.05, 4.69) is 20.8 Å². The number of hydrazone groups is 1. The third kappa shape index (κ3) is 6.05. The van der Waals surface area contributed by atoms with Crippen LogP contribution in [0.5, 0.6) is 5.88 Å². The number of imidazole rings is 1. The quantitative estimate of drug-likeness (QED) is 0.161. The van der Waals surface area contributed by atoms with E-state index in [1.807, 2.05) is 104 Å². The van der Waals surface area contributed by atoms with Crippen molar-refractivity contribution in [2.24, 2.45) is 10.1 Å². The van der Waals surface area contributed by atoms with Crippen LogP contribution < -0.4 is 15.6 Å². The molecule has 0 saturated heterocycles. The Kier molecular flexibility index (Phi) is 7.79. The minimum Gasteiger partial charge on any atom is -0.493 e. The first kappa shape index (κ1) is 25.9. The van der Waals surface area contributed by atoms with Gasteiger partial charge in [-0.3, -0.25) is 10.4 Å². The molecule has 0 radical (unpaired) electrons. The summed E-state index contributed by atoms with van der Waals surface area (Å²) in [6, 6.07) is 25.8.